The first kappa shape index (κ1) is 12.6. The molecule has 19 heavy (non-hydrogen) atoms. The van der Waals surface area contributed by atoms with Crippen molar-refractivity contribution in [3.63, 3.8) is 0 Å². The molecule has 0 aliphatic rings. The fourth-order valence-corrected chi connectivity index (χ4v) is 1.77. The van der Waals surface area contributed by atoms with Crippen molar-refractivity contribution in [2.45, 2.75) is 0 Å². The second-order valence-electron chi connectivity index (χ2n) is 3.93. The molecule has 0 spiro atoms. The summed E-state index contributed by atoms with van der Waals surface area (Å²) in [4.78, 5) is 11.4. The molecule has 2 aromatic carbocycles. The van der Waals surface area contributed by atoms with Crippen LogP contribution in [0.15, 0.2) is 54.6 Å². The van der Waals surface area contributed by atoms with Gasteiger partial charge in [0.2, 0.25) is 0 Å². The molecule has 2 aromatic rings. The van der Waals surface area contributed by atoms with Gasteiger partial charge in [-0.15, -0.1) is 0 Å². The summed E-state index contributed by atoms with van der Waals surface area (Å²) in [5.74, 6) is -1.01. The van der Waals surface area contributed by atoms with Gasteiger partial charge in [-0.1, -0.05) is 48.5 Å². The monoisotopic (exact) mass is 249 g/mol. The zero-order valence-electron chi connectivity index (χ0n) is 10.1. The van der Waals surface area contributed by atoms with Crippen molar-refractivity contribution in [3.8, 4) is 6.07 Å². The van der Waals surface area contributed by atoms with Crippen molar-refractivity contribution < 1.29 is 9.90 Å². The summed E-state index contributed by atoms with van der Waals surface area (Å²) >= 11 is 0. The van der Waals surface area contributed by atoms with Crippen LogP contribution < -0.4 is 0 Å². The molecule has 0 fully saturated rings. The minimum absolute atomic E-state index is 0.170. The van der Waals surface area contributed by atoms with Crippen molar-refractivity contribution in [2.24, 2.45) is 0 Å². The predicted octanol–water partition coefficient (Wildman–Crippen LogP) is 3.18. The van der Waals surface area contributed by atoms with E-state index in [-0.39, 0.29) is 5.57 Å². The topological polar surface area (TPSA) is 61.1 Å². The van der Waals surface area contributed by atoms with Crippen LogP contribution in [0, 0.1) is 11.3 Å². The molecule has 1 N–H and O–H groups in total. The molecule has 3 nitrogen and oxygen atoms in total. The molecule has 0 radical (unpaired) electrons. The molecule has 3 heteroatoms. The smallest absolute Gasteiger partial charge is 0.336 e. The Morgan fingerprint density at radius 2 is 1.68 bits per heavy atom. The number of carboxylic acids is 1. The van der Waals surface area contributed by atoms with Crippen LogP contribution in [-0.4, -0.2) is 11.1 Å². The van der Waals surface area contributed by atoms with E-state index in [9.17, 15) is 9.90 Å². The number of rotatable bonds is 3. The van der Waals surface area contributed by atoms with Crippen LogP contribution >= 0.6 is 0 Å². The number of hydrogen-bond donors (Lipinski definition) is 1. The summed E-state index contributed by atoms with van der Waals surface area (Å²) in [7, 11) is 0. The lowest BCUT2D eigenvalue weighted by Crippen LogP contribution is -1.99. The summed E-state index contributed by atoms with van der Waals surface area (Å²) in [5.41, 5.74) is 1.84. The van der Waals surface area contributed by atoms with Gasteiger partial charge in [-0.3, -0.25) is 0 Å². The second kappa shape index (κ2) is 5.65. The summed E-state index contributed by atoms with van der Waals surface area (Å²) in [6, 6.07) is 17.8. The van der Waals surface area contributed by atoms with Gasteiger partial charge in [0.15, 0.2) is 0 Å². The molecule has 0 amide bonds. The van der Waals surface area contributed by atoms with Crippen molar-refractivity contribution in [3.05, 3.63) is 71.3 Å². The Hall–Kier alpha value is -2.86. The number of hydrogen-bond acceptors (Lipinski definition) is 2. The number of benzene rings is 2. The Kier molecular flexibility index (Phi) is 3.75. The molecule has 0 aliphatic heterocycles. The van der Waals surface area contributed by atoms with Crippen LogP contribution in [-0.2, 0) is 4.79 Å². The fraction of sp³-hybridized carbons (Fsp3) is 0. The fourth-order valence-electron chi connectivity index (χ4n) is 1.77. The largest absolute Gasteiger partial charge is 0.478 e. The number of carbonyl (C=O) groups is 1. The standard InChI is InChI=1S/C16H11NO2/c17-11-14-9-5-4-8-13(14)10-15(16(18)19)12-6-2-1-3-7-12/h1-10H,(H,18,19)/b15-10+. The highest BCUT2D eigenvalue weighted by Gasteiger charge is 2.10. The SMILES string of the molecule is N#Cc1ccccc1/C=C(/C(=O)O)c1ccccc1. The van der Waals surface area contributed by atoms with Crippen LogP contribution in [0.25, 0.3) is 11.6 Å². The number of aliphatic carboxylic acids is 1. The molecule has 0 aromatic heterocycles. The van der Waals surface area contributed by atoms with Crippen molar-refractivity contribution >= 4 is 17.6 Å². The third kappa shape index (κ3) is 2.88. The van der Waals surface area contributed by atoms with Crippen LogP contribution in [0.4, 0.5) is 0 Å². The highest BCUT2D eigenvalue weighted by atomic mass is 16.4. The second-order valence-corrected chi connectivity index (χ2v) is 3.93. The maximum Gasteiger partial charge on any atom is 0.336 e. The first-order valence-electron chi connectivity index (χ1n) is 5.72. The van der Waals surface area contributed by atoms with E-state index in [1.807, 2.05) is 6.07 Å². The van der Waals surface area contributed by atoms with Gasteiger partial charge >= 0.3 is 5.97 Å². The average molecular weight is 249 g/mol. The average Bonchev–Trinajstić information content (AvgIpc) is 2.45. The van der Waals surface area contributed by atoms with E-state index in [0.717, 1.165) is 0 Å². The minimum atomic E-state index is -1.01. The normalized spacial score (nSPS) is 10.8. The Balaban J connectivity index is 2.55. The van der Waals surface area contributed by atoms with Gasteiger partial charge in [0.05, 0.1) is 17.2 Å². The van der Waals surface area contributed by atoms with Gasteiger partial charge in [0.1, 0.15) is 0 Å². The highest BCUT2D eigenvalue weighted by molar-refractivity contribution is 6.20. The first-order valence-corrected chi connectivity index (χ1v) is 5.72. The molecule has 0 heterocycles. The van der Waals surface area contributed by atoms with E-state index >= 15 is 0 Å². The number of nitriles is 1. The first-order chi connectivity index (χ1) is 9.22. The van der Waals surface area contributed by atoms with Gasteiger partial charge in [0, 0.05) is 0 Å². The Bertz CT molecular complexity index is 667. The molecular formula is C16H11NO2. The molecule has 0 saturated carbocycles. The summed E-state index contributed by atoms with van der Waals surface area (Å²) in [6.45, 7) is 0. The maximum absolute atomic E-state index is 11.4. The molecular weight excluding hydrogens is 238 g/mol. The molecule has 0 unspecified atom stereocenters. The lowest BCUT2D eigenvalue weighted by molar-refractivity contribution is -0.130. The van der Waals surface area contributed by atoms with E-state index in [1.54, 1.807) is 48.5 Å². The van der Waals surface area contributed by atoms with Crippen LogP contribution in [0.5, 0.6) is 0 Å². The zero-order chi connectivity index (χ0) is 13.7. The summed E-state index contributed by atoms with van der Waals surface area (Å²) in [5, 5.41) is 18.3. The maximum atomic E-state index is 11.4. The Morgan fingerprint density at radius 3 is 2.32 bits per heavy atom. The van der Waals surface area contributed by atoms with Crippen molar-refractivity contribution in [1.82, 2.24) is 0 Å². The molecule has 0 aliphatic carbocycles. The number of carboxylic acid groups (broad SMARTS) is 1. The van der Waals surface area contributed by atoms with E-state index < -0.39 is 5.97 Å². The molecule has 0 atom stereocenters. The molecule has 92 valence electrons. The minimum Gasteiger partial charge on any atom is -0.478 e. The Labute approximate surface area is 111 Å². The zero-order valence-corrected chi connectivity index (χ0v) is 10.1. The third-order valence-electron chi connectivity index (χ3n) is 2.70. The lowest BCUT2D eigenvalue weighted by Gasteiger charge is -2.04. The van der Waals surface area contributed by atoms with E-state index in [2.05, 4.69) is 6.07 Å². The van der Waals surface area contributed by atoms with Gasteiger partial charge in [0.25, 0.3) is 0 Å². The lowest BCUT2D eigenvalue weighted by atomic mass is 10.0. The van der Waals surface area contributed by atoms with Crippen molar-refractivity contribution in [1.29, 1.82) is 5.26 Å². The van der Waals surface area contributed by atoms with Crippen LogP contribution in [0.3, 0.4) is 0 Å². The summed E-state index contributed by atoms with van der Waals surface area (Å²) in [6.07, 6.45) is 1.52. The van der Waals surface area contributed by atoms with Crippen LogP contribution in [0.2, 0.25) is 0 Å². The van der Waals surface area contributed by atoms with Gasteiger partial charge < -0.3 is 5.11 Å². The highest BCUT2D eigenvalue weighted by Crippen LogP contribution is 2.20. The number of nitrogens with zero attached hydrogens (tertiary/aromatic N) is 1. The van der Waals surface area contributed by atoms with Gasteiger partial charge in [-0.2, -0.15) is 5.26 Å². The third-order valence-corrected chi connectivity index (χ3v) is 2.70. The van der Waals surface area contributed by atoms with Crippen LogP contribution in [0.1, 0.15) is 16.7 Å². The molecule has 0 saturated heterocycles. The molecule has 2 rings (SSSR count). The van der Waals surface area contributed by atoms with E-state index in [4.69, 9.17) is 5.26 Å². The van der Waals surface area contributed by atoms with E-state index in [0.29, 0.717) is 16.7 Å². The Morgan fingerprint density at radius 1 is 1.05 bits per heavy atom. The quantitative estimate of drug-likeness (QED) is 0.671. The predicted molar refractivity (Wildman–Crippen MR) is 73.1 cm³/mol. The van der Waals surface area contributed by atoms with Crippen molar-refractivity contribution in [2.75, 3.05) is 0 Å². The van der Waals surface area contributed by atoms with Gasteiger partial charge in [-0.25, -0.2) is 4.79 Å². The van der Waals surface area contributed by atoms with E-state index in [1.165, 1.54) is 6.08 Å². The summed E-state index contributed by atoms with van der Waals surface area (Å²) < 4.78 is 0. The van der Waals surface area contributed by atoms with Gasteiger partial charge in [-0.05, 0) is 23.3 Å². The molecule has 0 bridgehead atoms.